The van der Waals surface area contributed by atoms with Gasteiger partial charge in [0.2, 0.25) is 5.91 Å². The summed E-state index contributed by atoms with van der Waals surface area (Å²) >= 11 is 1.74. The van der Waals surface area contributed by atoms with Crippen LogP contribution in [0.25, 0.3) is 0 Å². The molecule has 1 amide bonds. The average Bonchev–Trinajstić information content (AvgIpc) is 3.17. The fourth-order valence-electron chi connectivity index (χ4n) is 3.65. The van der Waals surface area contributed by atoms with Crippen LogP contribution in [0.5, 0.6) is 0 Å². The van der Waals surface area contributed by atoms with Crippen LogP contribution in [0.1, 0.15) is 34.5 Å². The Labute approximate surface area is 166 Å². The molecule has 0 spiro atoms. The van der Waals surface area contributed by atoms with Crippen LogP contribution in [-0.2, 0) is 17.8 Å². The van der Waals surface area contributed by atoms with Crippen LogP contribution in [0.2, 0.25) is 0 Å². The van der Waals surface area contributed by atoms with Crippen molar-refractivity contribution in [3.8, 4) is 0 Å². The molecule has 0 aliphatic carbocycles. The molecule has 1 N–H and O–H groups in total. The van der Waals surface area contributed by atoms with E-state index in [-0.39, 0.29) is 11.9 Å². The molecule has 3 nitrogen and oxygen atoms in total. The van der Waals surface area contributed by atoms with E-state index in [4.69, 9.17) is 0 Å². The van der Waals surface area contributed by atoms with Crippen LogP contribution in [-0.4, -0.2) is 17.4 Å². The highest BCUT2D eigenvalue weighted by atomic mass is 32.1. The Morgan fingerprint density at radius 3 is 2.64 bits per heavy atom. The maximum Gasteiger partial charge on any atom is 0.220 e. The highest BCUT2D eigenvalue weighted by molar-refractivity contribution is 7.10. The minimum absolute atomic E-state index is 0.0623. The Morgan fingerprint density at radius 1 is 1.14 bits per heavy atom. The van der Waals surface area contributed by atoms with E-state index in [9.17, 15) is 13.6 Å². The fraction of sp³-hybridized carbons (Fsp3) is 0.227. The predicted octanol–water partition coefficient (Wildman–Crippen LogP) is 5.13. The summed E-state index contributed by atoms with van der Waals surface area (Å²) in [5, 5.41) is 5.30. The lowest BCUT2D eigenvalue weighted by atomic mass is 9.93. The second-order valence-corrected chi connectivity index (χ2v) is 7.89. The van der Waals surface area contributed by atoms with E-state index >= 15 is 0 Å². The molecule has 0 bridgehead atoms. The lowest BCUT2D eigenvalue weighted by molar-refractivity contribution is -0.130. The number of thiophene rings is 1. The minimum atomic E-state index is -0.845. The van der Waals surface area contributed by atoms with Crippen molar-refractivity contribution in [1.82, 2.24) is 4.90 Å². The van der Waals surface area contributed by atoms with Gasteiger partial charge in [-0.2, -0.15) is 0 Å². The zero-order valence-corrected chi connectivity index (χ0v) is 16.2. The van der Waals surface area contributed by atoms with E-state index in [1.807, 2.05) is 29.2 Å². The van der Waals surface area contributed by atoms with Crippen molar-refractivity contribution in [2.24, 2.45) is 0 Å². The van der Waals surface area contributed by atoms with Gasteiger partial charge in [0.25, 0.3) is 0 Å². The number of anilines is 1. The van der Waals surface area contributed by atoms with Gasteiger partial charge in [0.15, 0.2) is 11.6 Å². The van der Waals surface area contributed by atoms with E-state index in [0.717, 1.165) is 30.3 Å². The monoisotopic (exact) mass is 398 g/mol. The van der Waals surface area contributed by atoms with Gasteiger partial charge in [-0.3, -0.25) is 4.79 Å². The van der Waals surface area contributed by atoms with Crippen LogP contribution >= 0.6 is 11.3 Å². The standard InChI is InChI=1S/C22H20F2N2OS/c1-14(27)26-10-8-21-18(9-11-28-21)22(26)16-3-5-17(6-4-16)25-13-15-2-7-19(23)20(24)12-15/h2-7,9,11-12,22,25H,8,10,13H2,1H3/t22-/m0/s1. The Hall–Kier alpha value is -2.73. The molecule has 0 fully saturated rings. The van der Waals surface area contributed by atoms with Crippen LogP contribution in [0.15, 0.2) is 53.9 Å². The summed E-state index contributed by atoms with van der Waals surface area (Å²) in [5.41, 5.74) is 3.81. The number of hydrogen-bond acceptors (Lipinski definition) is 3. The van der Waals surface area contributed by atoms with E-state index < -0.39 is 11.6 Å². The van der Waals surface area contributed by atoms with E-state index in [1.54, 1.807) is 24.3 Å². The van der Waals surface area contributed by atoms with E-state index in [0.29, 0.717) is 12.1 Å². The fourth-order valence-corrected chi connectivity index (χ4v) is 4.56. The number of amides is 1. The van der Waals surface area contributed by atoms with Crippen LogP contribution in [0, 0.1) is 11.6 Å². The molecule has 3 aromatic rings. The number of fused-ring (bicyclic) bond motifs is 1. The third kappa shape index (κ3) is 3.64. The molecule has 0 saturated carbocycles. The SMILES string of the molecule is CC(=O)N1CCc2sccc2[C@@H]1c1ccc(NCc2ccc(F)c(F)c2)cc1. The second kappa shape index (κ2) is 7.72. The van der Waals surface area contributed by atoms with Crippen molar-refractivity contribution in [3.63, 3.8) is 0 Å². The van der Waals surface area contributed by atoms with Gasteiger partial charge in [-0.25, -0.2) is 8.78 Å². The van der Waals surface area contributed by atoms with Gasteiger partial charge in [-0.05, 0) is 58.8 Å². The zero-order valence-electron chi connectivity index (χ0n) is 15.4. The first-order valence-electron chi connectivity index (χ1n) is 9.14. The molecule has 1 atom stereocenters. The highest BCUT2D eigenvalue weighted by Crippen LogP contribution is 2.38. The van der Waals surface area contributed by atoms with Crippen molar-refractivity contribution in [2.45, 2.75) is 25.9 Å². The van der Waals surface area contributed by atoms with Gasteiger partial charge in [0.1, 0.15) is 0 Å². The molecule has 1 aromatic heterocycles. The van der Waals surface area contributed by atoms with E-state index in [2.05, 4.69) is 16.8 Å². The number of nitrogens with zero attached hydrogens (tertiary/aromatic N) is 1. The smallest absolute Gasteiger partial charge is 0.220 e. The molecule has 0 unspecified atom stereocenters. The summed E-state index contributed by atoms with van der Waals surface area (Å²) in [5.74, 6) is -1.62. The number of nitrogens with one attached hydrogen (secondary N) is 1. The quantitative estimate of drug-likeness (QED) is 0.661. The summed E-state index contributed by atoms with van der Waals surface area (Å²) < 4.78 is 26.4. The van der Waals surface area contributed by atoms with Gasteiger partial charge in [0, 0.05) is 30.6 Å². The highest BCUT2D eigenvalue weighted by Gasteiger charge is 2.31. The lowest BCUT2D eigenvalue weighted by Crippen LogP contribution is -2.38. The minimum Gasteiger partial charge on any atom is -0.381 e. The summed E-state index contributed by atoms with van der Waals surface area (Å²) in [4.78, 5) is 15.4. The summed E-state index contributed by atoms with van der Waals surface area (Å²) in [6.07, 6.45) is 0.900. The third-order valence-corrected chi connectivity index (χ3v) is 6.07. The summed E-state index contributed by atoms with van der Waals surface area (Å²) in [6.45, 7) is 2.74. The topological polar surface area (TPSA) is 32.3 Å². The average molecular weight is 398 g/mol. The van der Waals surface area contributed by atoms with Crippen molar-refractivity contribution in [1.29, 1.82) is 0 Å². The Morgan fingerprint density at radius 2 is 1.93 bits per heavy atom. The van der Waals surface area contributed by atoms with E-state index in [1.165, 1.54) is 16.5 Å². The molecule has 6 heteroatoms. The normalized spacial score (nSPS) is 16.0. The van der Waals surface area contributed by atoms with Crippen LogP contribution in [0.3, 0.4) is 0 Å². The summed E-state index contributed by atoms with van der Waals surface area (Å²) in [7, 11) is 0. The molecular weight excluding hydrogens is 378 g/mol. The number of rotatable bonds is 4. The van der Waals surface area contributed by atoms with Gasteiger partial charge in [-0.15, -0.1) is 11.3 Å². The summed E-state index contributed by atoms with van der Waals surface area (Å²) in [6, 6.07) is 13.9. The molecule has 144 valence electrons. The van der Waals surface area contributed by atoms with Crippen molar-refractivity contribution in [3.05, 3.63) is 87.1 Å². The maximum atomic E-state index is 13.3. The first-order valence-corrected chi connectivity index (χ1v) is 10.0. The van der Waals surface area contributed by atoms with Crippen LogP contribution < -0.4 is 5.32 Å². The van der Waals surface area contributed by atoms with Crippen molar-refractivity contribution >= 4 is 22.9 Å². The Kier molecular flexibility index (Phi) is 5.13. The van der Waals surface area contributed by atoms with Gasteiger partial charge >= 0.3 is 0 Å². The third-order valence-electron chi connectivity index (χ3n) is 5.08. The molecule has 2 aromatic carbocycles. The number of benzene rings is 2. The Balaban J connectivity index is 1.52. The maximum absolute atomic E-state index is 13.3. The number of hydrogen-bond donors (Lipinski definition) is 1. The molecule has 0 radical (unpaired) electrons. The first kappa shape index (κ1) is 18.6. The number of carbonyl (C=O) groups excluding carboxylic acids is 1. The lowest BCUT2D eigenvalue weighted by Gasteiger charge is -2.35. The zero-order chi connectivity index (χ0) is 19.7. The van der Waals surface area contributed by atoms with Gasteiger partial charge in [0.05, 0.1) is 6.04 Å². The number of halogens is 2. The van der Waals surface area contributed by atoms with Crippen molar-refractivity contribution < 1.29 is 13.6 Å². The Bertz CT molecular complexity index is 1000. The number of carbonyl (C=O) groups is 1. The van der Waals surface area contributed by atoms with Crippen LogP contribution in [0.4, 0.5) is 14.5 Å². The van der Waals surface area contributed by atoms with Crippen molar-refractivity contribution in [2.75, 3.05) is 11.9 Å². The van der Waals surface area contributed by atoms with Gasteiger partial charge < -0.3 is 10.2 Å². The molecule has 28 heavy (non-hydrogen) atoms. The second-order valence-electron chi connectivity index (χ2n) is 6.89. The molecule has 4 rings (SSSR count). The molecular formula is C22H20F2N2OS. The molecule has 0 saturated heterocycles. The predicted molar refractivity (Wildman–Crippen MR) is 107 cm³/mol. The molecule has 2 heterocycles. The first-order chi connectivity index (χ1) is 13.5. The van der Waals surface area contributed by atoms with Gasteiger partial charge in [-0.1, -0.05) is 18.2 Å². The molecule has 1 aliphatic heterocycles. The molecule has 1 aliphatic rings. The largest absolute Gasteiger partial charge is 0.381 e.